The first-order valence-electron chi connectivity index (χ1n) is 6.53. The van der Waals surface area contributed by atoms with Gasteiger partial charge in [0.05, 0.1) is 18.5 Å². The standard InChI is InChI=1S/C14H19N5O/c1-3-10(2)20-12-6-4-5-11(7-12)17-13-8-16-9-14(18-13)19-15/h4-10H,3,15H2,1-2H3,(H2,17,18,19). The van der Waals surface area contributed by atoms with Gasteiger partial charge in [-0.3, -0.25) is 4.98 Å². The fourth-order valence-electron chi connectivity index (χ4n) is 1.61. The van der Waals surface area contributed by atoms with E-state index in [-0.39, 0.29) is 6.10 Å². The first kappa shape index (κ1) is 14.1. The molecule has 6 nitrogen and oxygen atoms in total. The lowest BCUT2D eigenvalue weighted by molar-refractivity contribution is 0.217. The van der Waals surface area contributed by atoms with Gasteiger partial charge in [-0.1, -0.05) is 13.0 Å². The summed E-state index contributed by atoms with van der Waals surface area (Å²) in [5, 5.41) is 3.16. The summed E-state index contributed by atoms with van der Waals surface area (Å²) in [5.74, 6) is 7.24. The molecule has 0 fully saturated rings. The Morgan fingerprint density at radius 3 is 2.85 bits per heavy atom. The number of anilines is 3. The monoisotopic (exact) mass is 273 g/mol. The van der Waals surface area contributed by atoms with Crippen molar-refractivity contribution in [3.05, 3.63) is 36.7 Å². The number of rotatable bonds is 6. The predicted molar refractivity (Wildman–Crippen MR) is 79.9 cm³/mol. The highest BCUT2D eigenvalue weighted by molar-refractivity contribution is 5.58. The summed E-state index contributed by atoms with van der Waals surface area (Å²) in [6.45, 7) is 4.13. The average molecular weight is 273 g/mol. The Bertz CT molecular complexity index is 561. The van der Waals surface area contributed by atoms with Crippen LogP contribution < -0.4 is 21.3 Å². The van der Waals surface area contributed by atoms with Gasteiger partial charge in [-0.15, -0.1) is 0 Å². The van der Waals surface area contributed by atoms with Crippen molar-refractivity contribution in [1.29, 1.82) is 0 Å². The van der Waals surface area contributed by atoms with Crippen LogP contribution in [0.2, 0.25) is 0 Å². The molecule has 0 spiro atoms. The van der Waals surface area contributed by atoms with E-state index in [0.29, 0.717) is 11.6 Å². The molecule has 0 saturated heterocycles. The maximum absolute atomic E-state index is 5.78. The molecule has 6 heteroatoms. The molecule has 1 aromatic carbocycles. The van der Waals surface area contributed by atoms with Crippen molar-refractivity contribution in [2.75, 3.05) is 10.7 Å². The lowest BCUT2D eigenvalue weighted by Gasteiger charge is -2.14. The predicted octanol–water partition coefficient (Wildman–Crippen LogP) is 2.68. The van der Waals surface area contributed by atoms with Gasteiger partial charge in [0.15, 0.2) is 11.6 Å². The SMILES string of the molecule is CCC(C)Oc1cccc(Nc2cncc(NN)n2)c1. The number of hydrogen-bond donors (Lipinski definition) is 3. The summed E-state index contributed by atoms with van der Waals surface area (Å²) in [6.07, 6.45) is 4.33. The van der Waals surface area contributed by atoms with Gasteiger partial charge in [0.2, 0.25) is 0 Å². The minimum absolute atomic E-state index is 0.190. The fourth-order valence-corrected chi connectivity index (χ4v) is 1.61. The van der Waals surface area contributed by atoms with Crippen molar-refractivity contribution in [1.82, 2.24) is 9.97 Å². The molecule has 0 aliphatic heterocycles. The molecule has 0 saturated carbocycles. The van der Waals surface area contributed by atoms with Gasteiger partial charge in [0, 0.05) is 11.8 Å². The van der Waals surface area contributed by atoms with Gasteiger partial charge in [0.1, 0.15) is 5.75 Å². The van der Waals surface area contributed by atoms with E-state index >= 15 is 0 Å². The number of nitrogens with zero attached hydrogens (tertiary/aromatic N) is 2. The Balaban J connectivity index is 2.10. The number of hydrogen-bond acceptors (Lipinski definition) is 6. The third kappa shape index (κ3) is 3.83. The van der Waals surface area contributed by atoms with Crippen LogP contribution in [-0.4, -0.2) is 16.1 Å². The van der Waals surface area contributed by atoms with E-state index in [2.05, 4.69) is 27.6 Å². The van der Waals surface area contributed by atoms with Crippen molar-refractivity contribution in [2.24, 2.45) is 5.84 Å². The van der Waals surface area contributed by atoms with E-state index in [1.54, 1.807) is 12.4 Å². The molecule has 1 unspecified atom stereocenters. The van der Waals surface area contributed by atoms with Crippen LogP contribution in [0.3, 0.4) is 0 Å². The summed E-state index contributed by atoms with van der Waals surface area (Å²) in [6, 6.07) is 7.73. The van der Waals surface area contributed by atoms with E-state index in [1.165, 1.54) is 0 Å². The van der Waals surface area contributed by atoms with Gasteiger partial charge in [-0.25, -0.2) is 10.8 Å². The zero-order valence-corrected chi connectivity index (χ0v) is 11.6. The molecule has 2 aromatic rings. The third-order valence-corrected chi connectivity index (χ3v) is 2.80. The van der Waals surface area contributed by atoms with Gasteiger partial charge < -0.3 is 15.5 Å². The van der Waals surface area contributed by atoms with Gasteiger partial charge in [-0.05, 0) is 25.5 Å². The number of nitrogens with one attached hydrogen (secondary N) is 2. The van der Waals surface area contributed by atoms with Crippen LogP contribution in [0.25, 0.3) is 0 Å². The fraction of sp³-hybridized carbons (Fsp3) is 0.286. The van der Waals surface area contributed by atoms with Crippen molar-refractivity contribution in [2.45, 2.75) is 26.4 Å². The summed E-state index contributed by atoms with van der Waals surface area (Å²) >= 11 is 0. The number of nitrogen functional groups attached to an aromatic ring is 1. The Labute approximate surface area is 118 Å². The quantitative estimate of drug-likeness (QED) is 0.554. The van der Waals surface area contributed by atoms with Crippen LogP contribution in [0, 0.1) is 0 Å². The minimum atomic E-state index is 0.190. The highest BCUT2D eigenvalue weighted by atomic mass is 16.5. The van der Waals surface area contributed by atoms with E-state index in [4.69, 9.17) is 10.6 Å². The van der Waals surface area contributed by atoms with Crippen LogP contribution in [0.5, 0.6) is 5.75 Å². The molecular weight excluding hydrogens is 254 g/mol. The molecule has 106 valence electrons. The Kier molecular flexibility index (Phi) is 4.73. The van der Waals surface area contributed by atoms with Gasteiger partial charge in [-0.2, -0.15) is 0 Å². The average Bonchev–Trinajstić information content (AvgIpc) is 2.47. The second-order valence-corrected chi connectivity index (χ2v) is 4.42. The molecule has 0 bridgehead atoms. The van der Waals surface area contributed by atoms with E-state index in [0.717, 1.165) is 17.9 Å². The maximum Gasteiger partial charge on any atom is 0.160 e. The number of nitrogens with two attached hydrogens (primary N) is 1. The normalized spacial score (nSPS) is 11.8. The van der Waals surface area contributed by atoms with Crippen LogP contribution >= 0.6 is 0 Å². The Hall–Kier alpha value is -2.34. The third-order valence-electron chi connectivity index (χ3n) is 2.80. The van der Waals surface area contributed by atoms with Crippen LogP contribution in [0.1, 0.15) is 20.3 Å². The second kappa shape index (κ2) is 6.72. The number of hydrazine groups is 1. The Morgan fingerprint density at radius 2 is 2.10 bits per heavy atom. The largest absolute Gasteiger partial charge is 0.491 e. The molecule has 20 heavy (non-hydrogen) atoms. The Morgan fingerprint density at radius 1 is 1.30 bits per heavy atom. The van der Waals surface area contributed by atoms with Crippen molar-refractivity contribution in [3.8, 4) is 5.75 Å². The molecule has 2 rings (SSSR count). The zero-order valence-electron chi connectivity index (χ0n) is 11.6. The van der Waals surface area contributed by atoms with Crippen molar-refractivity contribution >= 4 is 17.3 Å². The molecular formula is C14H19N5O. The topological polar surface area (TPSA) is 85.1 Å². The van der Waals surface area contributed by atoms with Gasteiger partial charge >= 0.3 is 0 Å². The summed E-state index contributed by atoms with van der Waals surface area (Å²) < 4.78 is 5.78. The van der Waals surface area contributed by atoms with Crippen LogP contribution in [0.15, 0.2) is 36.7 Å². The molecule has 0 aliphatic rings. The van der Waals surface area contributed by atoms with E-state index in [1.807, 2.05) is 31.2 Å². The number of benzene rings is 1. The zero-order chi connectivity index (χ0) is 14.4. The molecule has 4 N–H and O–H groups in total. The molecule has 1 heterocycles. The number of aromatic nitrogens is 2. The molecule has 0 amide bonds. The van der Waals surface area contributed by atoms with Gasteiger partial charge in [0.25, 0.3) is 0 Å². The molecule has 0 radical (unpaired) electrons. The molecule has 1 atom stereocenters. The van der Waals surface area contributed by atoms with Crippen LogP contribution in [-0.2, 0) is 0 Å². The van der Waals surface area contributed by atoms with Crippen molar-refractivity contribution < 1.29 is 4.74 Å². The maximum atomic E-state index is 5.78. The first-order valence-corrected chi connectivity index (χ1v) is 6.53. The molecule has 0 aliphatic carbocycles. The van der Waals surface area contributed by atoms with E-state index < -0.39 is 0 Å². The summed E-state index contributed by atoms with van der Waals surface area (Å²) in [5.41, 5.74) is 3.34. The summed E-state index contributed by atoms with van der Waals surface area (Å²) in [4.78, 5) is 8.28. The second-order valence-electron chi connectivity index (χ2n) is 4.42. The van der Waals surface area contributed by atoms with Crippen molar-refractivity contribution in [3.63, 3.8) is 0 Å². The minimum Gasteiger partial charge on any atom is -0.491 e. The lowest BCUT2D eigenvalue weighted by atomic mass is 10.2. The summed E-state index contributed by atoms with van der Waals surface area (Å²) in [7, 11) is 0. The van der Waals surface area contributed by atoms with Crippen LogP contribution in [0.4, 0.5) is 17.3 Å². The highest BCUT2D eigenvalue weighted by Crippen LogP contribution is 2.22. The number of ether oxygens (including phenoxy) is 1. The molecule has 1 aromatic heterocycles. The van der Waals surface area contributed by atoms with E-state index in [9.17, 15) is 0 Å². The first-order chi connectivity index (χ1) is 9.71. The highest BCUT2D eigenvalue weighted by Gasteiger charge is 2.03. The smallest absolute Gasteiger partial charge is 0.160 e. The lowest BCUT2D eigenvalue weighted by Crippen LogP contribution is -2.10.